The lowest BCUT2D eigenvalue weighted by molar-refractivity contribution is 0.516. The van der Waals surface area contributed by atoms with Crippen LogP contribution in [0.2, 0.25) is 0 Å². The molecule has 1 aliphatic carbocycles. The Morgan fingerprint density at radius 3 is 1.53 bits per heavy atom. The van der Waals surface area contributed by atoms with Crippen LogP contribution in [-0.2, 0) is 0 Å². The second-order valence-corrected chi connectivity index (χ2v) is 14.5. The fourth-order valence-electron chi connectivity index (χ4n) is 5.66. The van der Waals surface area contributed by atoms with E-state index >= 15 is 0 Å². The molecule has 0 fully saturated rings. The summed E-state index contributed by atoms with van der Waals surface area (Å²) in [5.41, 5.74) is 7.02. The van der Waals surface area contributed by atoms with E-state index in [1.54, 1.807) is 5.20 Å². The van der Waals surface area contributed by atoms with E-state index in [-0.39, 0.29) is 5.41 Å². The lowest BCUT2D eigenvalue weighted by atomic mass is 9.87. The topological polar surface area (TPSA) is 0 Å². The molecule has 0 atom stereocenters. The van der Waals surface area contributed by atoms with E-state index in [2.05, 4.69) is 127 Å². The molecule has 0 nitrogen and oxygen atoms in total. The minimum Gasteiger partial charge on any atom is -0.0805 e. The van der Waals surface area contributed by atoms with Crippen molar-refractivity contribution in [2.24, 2.45) is 5.41 Å². The zero-order valence-corrected chi connectivity index (χ0v) is 21.7. The predicted molar refractivity (Wildman–Crippen MR) is 143 cm³/mol. The van der Waals surface area contributed by atoms with Gasteiger partial charge in [0.05, 0.1) is 0 Å². The van der Waals surface area contributed by atoms with Crippen molar-refractivity contribution in [2.75, 3.05) is 0 Å². The molecule has 4 rings (SSSR count). The highest BCUT2D eigenvalue weighted by Crippen LogP contribution is 2.38. The van der Waals surface area contributed by atoms with Crippen LogP contribution < -0.4 is 15.6 Å². The Hall–Kier alpha value is -2.64. The third kappa shape index (κ3) is 3.95. The fraction of sp³-hybridized carbons (Fsp3) is 0.290. The molecule has 164 valence electrons. The molecule has 0 bridgehead atoms. The molecule has 0 aliphatic heterocycles. The molecule has 1 heteroatoms. The maximum Gasteiger partial charge on any atom is 0.176 e. The summed E-state index contributed by atoms with van der Waals surface area (Å²) in [6, 6.07) is 25.8. The number of hydrogen-bond acceptors (Lipinski definition) is 0. The molecule has 32 heavy (non-hydrogen) atoms. The van der Waals surface area contributed by atoms with Crippen molar-refractivity contribution in [3.8, 4) is 0 Å². The van der Waals surface area contributed by atoms with Gasteiger partial charge >= 0.3 is 0 Å². The number of rotatable bonds is 4. The third-order valence-corrected chi connectivity index (χ3v) is 11.6. The van der Waals surface area contributed by atoms with Gasteiger partial charge in [-0.1, -0.05) is 127 Å². The van der Waals surface area contributed by atoms with Gasteiger partial charge in [0, 0.05) is 0 Å². The van der Waals surface area contributed by atoms with Crippen molar-refractivity contribution in [3.05, 3.63) is 112 Å². The molecule has 0 saturated heterocycles. The number of aryl methyl sites for hydroxylation is 4. The van der Waals surface area contributed by atoms with Gasteiger partial charge in [-0.05, 0) is 60.7 Å². The summed E-state index contributed by atoms with van der Waals surface area (Å²) < 4.78 is 0. The van der Waals surface area contributed by atoms with E-state index in [0.29, 0.717) is 0 Å². The zero-order chi connectivity index (χ0) is 23.1. The van der Waals surface area contributed by atoms with E-state index in [0.717, 1.165) is 6.42 Å². The molecule has 0 radical (unpaired) electrons. The van der Waals surface area contributed by atoms with Gasteiger partial charge in [-0.15, -0.1) is 0 Å². The van der Waals surface area contributed by atoms with Gasteiger partial charge in [-0.2, -0.15) is 0 Å². The summed E-state index contributed by atoms with van der Waals surface area (Å²) in [7, 11) is -2.47. The Bertz CT molecular complexity index is 1110. The van der Waals surface area contributed by atoms with Gasteiger partial charge in [0.2, 0.25) is 0 Å². The van der Waals surface area contributed by atoms with Crippen molar-refractivity contribution in [3.63, 3.8) is 0 Å². The van der Waals surface area contributed by atoms with Crippen LogP contribution in [0.15, 0.2) is 89.7 Å². The average molecular weight is 437 g/mol. The molecule has 3 aromatic rings. The molecular weight excluding hydrogens is 400 g/mol. The highest BCUT2D eigenvalue weighted by atomic mass is 28.3. The first kappa shape index (κ1) is 22.5. The maximum absolute atomic E-state index is 2.47. The molecule has 0 spiro atoms. The molecule has 0 N–H and O–H groups in total. The van der Waals surface area contributed by atoms with E-state index in [1.807, 2.05) is 0 Å². The lowest BCUT2D eigenvalue weighted by Gasteiger charge is -2.39. The molecule has 0 amide bonds. The summed E-state index contributed by atoms with van der Waals surface area (Å²) in [4.78, 5) is 0. The number of hydrogen-bond donors (Lipinski definition) is 0. The van der Waals surface area contributed by atoms with Crippen molar-refractivity contribution < 1.29 is 0 Å². The molecule has 0 aromatic heterocycles. The summed E-state index contributed by atoms with van der Waals surface area (Å²) in [5.74, 6) is 0. The molecule has 0 unspecified atom stereocenters. The Kier molecular flexibility index (Phi) is 5.90. The summed E-state index contributed by atoms with van der Waals surface area (Å²) in [5, 5.41) is 6.14. The largest absolute Gasteiger partial charge is 0.176 e. The normalized spacial score (nSPS) is 14.3. The highest BCUT2D eigenvalue weighted by molar-refractivity contribution is 7.16. The quantitative estimate of drug-likeness (QED) is 0.336. The summed E-state index contributed by atoms with van der Waals surface area (Å²) in [6.07, 6.45) is 5.84. The highest BCUT2D eigenvalue weighted by Gasteiger charge is 2.46. The Morgan fingerprint density at radius 1 is 0.625 bits per heavy atom. The average Bonchev–Trinajstić information content (AvgIpc) is 3.19. The van der Waals surface area contributed by atoms with Crippen LogP contribution in [0.5, 0.6) is 0 Å². The van der Waals surface area contributed by atoms with Crippen LogP contribution in [-0.4, -0.2) is 8.07 Å². The minimum absolute atomic E-state index is 0.104. The monoisotopic (exact) mass is 436 g/mol. The second-order valence-electron chi connectivity index (χ2n) is 10.6. The third-order valence-electron chi connectivity index (χ3n) is 6.71. The smallest absolute Gasteiger partial charge is 0.0805 e. The van der Waals surface area contributed by atoms with E-state index < -0.39 is 8.07 Å². The minimum atomic E-state index is -2.47. The van der Waals surface area contributed by atoms with Crippen LogP contribution in [0.1, 0.15) is 49.4 Å². The van der Waals surface area contributed by atoms with Crippen LogP contribution in [0.25, 0.3) is 0 Å². The first-order chi connectivity index (χ1) is 15.1. The van der Waals surface area contributed by atoms with Crippen molar-refractivity contribution in [2.45, 2.75) is 54.9 Å². The molecule has 0 saturated carbocycles. The van der Waals surface area contributed by atoms with Gasteiger partial charge in [0.25, 0.3) is 0 Å². The van der Waals surface area contributed by atoms with Gasteiger partial charge < -0.3 is 0 Å². The summed E-state index contributed by atoms with van der Waals surface area (Å²) >= 11 is 0. The van der Waals surface area contributed by atoms with Crippen LogP contribution in [0.4, 0.5) is 0 Å². The Morgan fingerprint density at radius 2 is 1.09 bits per heavy atom. The maximum atomic E-state index is 2.47. The summed E-state index contributed by atoms with van der Waals surface area (Å²) in [6.45, 7) is 16.1. The van der Waals surface area contributed by atoms with E-state index in [4.69, 9.17) is 0 Å². The first-order valence-electron chi connectivity index (χ1n) is 11.8. The predicted octanol–water partition coefficient (Wildman–Crippen LogP) is 6.23. The van der Waals surface area contributed by atoms with Crippen LogP contribution in [0, 0.1) is 33.1 Å². The van der Waals surface area contributed by atoms with Gasteiger partial charge in [-0.3, -0.25) is 0 Å². The molecular formula is C31H36Si. The molecule has 3 aromatic carbocycles. The Balaban J connectivity index is 2.23. The second kappa shape index (κ2) is 8.37. The molecule has 1 aliphatic rings. The van der Waals surface area contributed by atoms with Crippen molar-refractivity contribution >= 4 is 23.6 Å². The zero-order valence-electron chi connectivity index (χ0n) is 20.7. The van der Waals surface area contributed by atoms with Gasteiger partial charge in [0.1, 0.15) is 0 Å². The molecule has 0 heterocycles. The van der Waals surface area contributed by atoms with Gasteiger partial charge in [-0.25, -0.2) is 0 Å². The first-order valence-corrected chi connectivity index (χ1v) is 13.8. The SMILES string of the molecule is Cc1cc(C)cc([Si](C2=C(C(C)(C)C)C=CC2)(c2ccccc2)c2cc(C)cc(C)c2)c1. The van der Waals surface area contributed by atoms with E-state index in [9.17, 15) is 0 Å². The van der Waals surface area contributed by atoms with Crippen molar-refractivity contribution in [1.29, 1.82) is 0 Å². The Labute approximate surface area is 195 Å². The van der Waals surface area contributed by atoms with Crippen molar-refractivity contribution in [1.82, 2.24) is 0 Å². The number of benzene rings is 3. The standard InChI is InChI=1S/C31H36Si/c1-22-16-23(2)19-27(18-22)32(26-12-9-8-10-13-26,28-20-24(3)17-25(4)21-28)30-15-11-14-29(30)31(5,6)7/h8-14,16-21H,15H2,1-7H3. The number of allylic oxidation sites excluding steroid dienone is 4. The van der Waals surface area contributed by atoms with Crippen LogP contribution >= 0.6 is 0 Å². The lowest BCUT2D eigenvalue weighted by Crippen LogP contribution is -2.69. The van der Waals surface area contributed by atoms with Gasteiger partial charge in [0.15, 0.2) is 8.07 Å². The van der Waals surface area contributed by atoms with Crippen LogP contribution in [0.3, 0.4) is 0 Å². The van der Waals surface area contributed by atoms with E-state index in [1.165, 1.54) is 43.4 Å². The fourth-order valence-corrected chi connectivity index (χ4v) is 11.5.